The first kappa shape index (κ1) is 16.8. The number of rotatable bonds is 4. The minimum absolute atomic E-state index is 0.295. The zero-order valence-electron chi connectivity index (χ0n) is 13.0. The Morgan fingerprint density at radius 2 is 2.04 bits per heavy atom. The van der Waals surface area contributed by atoms with Crippen molar-refractivity contribution in [3.05, 3.63) is 62.9 Å². The Balaban J connectivity index is 1.90. The van der Waals surface area contributed by atoms with Gasteiger partial charge in [-0.15, -0.1) is 0 Å². The van der Waals surface area contributed by atoms with Crippen molar-refractivity contribution in [2.24, 2.45) is 0 Å². The van der Waals surface area contributed by atoms with Crippen LogP contribution in [0.25, 0.3) is 0 Å². The highest BCUT2D eigenvalue weighted by molar-refractivity contribution is 7.85. The number of aromatic amines is 1. The van der Waals surface area contributed by atoms with Crippen molar-refractivity contribution >= 4 is 10.8 Å². The lowest BCUT2D eigenvalue weighted by Crippen LogP contribution is -2.33. The van der Waals surface area contributed by atoms with Crippen LogP contribution in [0.2, 0.25) is 0 Å². The summed E-state index contributed by atoms with van der Waals surface area (Å²) in [7, 11) is -1.37. The number of hydrogen-bond acceptors (Lipinski definition) is 5. The number of ether oxygens (including phenoxy) is 1. The fourth-order valence-electron chi connectivity index (χ4n) is 2.79. The van der Waals surface area contributed by atoms with Crippen LogP contribution >= 0.6 is 0 Å². The van der Waals surface area contributed by atoms with Gasteiger partial charge in [-0.3, -0.25) is 18.6 Å². The first-order valence-corrected chi connectivity index (χ1v) is 8.76. The predicted molar refractivity (Wildman–Crippen MR) is 88.3 cm³/mol. The molecule has 0 aliphatic carbocycles. The van der Waals surface area contributed by atoms with E-state index in [0.29, 0.717) is 16.9 Å². The highest BCUT2D eigenvalue weighted by Gasteiger charge is 2.40. The first-order valence-electron chi connectivity index (χ1n) is 7.55. The van der Waals surface area contributed by atoms with Crippen molar-refractivity contribution in [3.8, 4) is 0 Å². The van der Waals surface area contributed by atoms with Crippen LogP contribution in [0.5, 0.6) is 0 Å². The molecule has 2 aromatic rings. The largest absolute Gasteiger partial charge is 0.394 e. The molecule has 0 spiro atoms. The molecule has 1 aromatic carbocycles. The monoisotopic (exact) mass is 350 g/mol. The summed E-state index contributed by atoms with van der Waals surface area (Å²) < 4.78 is 19.8. The molecule has 0 radical (unpaired) electrons. The van der Waals surface area contributed by atoms with E-state index in [2.05, 4.69) is 4.98 Å². The van der Waals surface area contributed by atoms with Gasteiger partial charge in [-0.25, -0.2) is 4.79 Å². The number of nitrogens with one attached hydrogen (secondary N) is 1. The molecular formula is C16H18N2O5S. The maximum Gasteiger partial charge on any atom is 0.330 e. The van der Waals surface area contributed by atoms with Crippen LogP contribution in [0.15, 0.2) is 51.0 Å². The normalized spacial score (nSPS) is 24.8. The number of aliphatic hydroxyl groups is 1. The summed E-state index contributed by atoms with van der Waals surface area (Å²) in [4.78, 5) is 26.4. The second-order valence-electron chi connectivity index (χ2n) is 5.68. The Kier molecular flexibility index (Phi) is 4.79. The number of aromatic nitrogens is 2. The Hall–Kier alpha value is -2.03. The van der Waals surface area contributed by atoms with Gasteiger partial charge in [-0.05, 0) is 19.1 Å². The van der Waals surface area contributed by atoms with Crippen LogP contribution in [0.3, 0.4) is 0 Å². The van der Waals surface area contributed by atoms with Crippen LogP contribution in [0.4, 0.5) is 0 Å². The average Bonchev–Trinajstić information content (AvgIpc) is 3.02. The van der Waals surface area contributed by atoms with Crippen LogP contribution in [0, 0.1) is 6.92 Å². The van der Waals surface area contributed by atoms with E-state index in [9.17, 15) is 18.9 Å². The SMILES string of the molecule is Cc1cn([C@@H]2C[C@@H](S(=O)c3ccccc3)[C@H](CO)O2)c(=O)[nH]c1=O. The molecule has 8 heteroatoms. The van der Waals surface area contributed by atoms with E-state index >= 15 is 0 Å². The number of H-pyrrole nitrogens is 1. The van der Waals surface area contributed by atoms with E-state index in [-0.39, 0.29) is 6.61 Å². The Bertz CT molecular complexity index is 861. The summed E-state index contributed by atoms with van der Waals surface area (Å²) in [6, 6.07) is 8.94. The molecular weight excluding hydrogens is 332 g/mol. The molecule has 1 saturated heterocycles. The summed E-state index contributed by atoms with van der Waals surface area (Å²) in [5.74, 6) is 0. The second-order valence-corrected chi connectivity index (χ2v) is 7.35. The quantitative estimate of drug-likeness (QED) is 0.826. The fourth-order valence-corrected chi connectivity index (χ4v) is 4.33. The minimum Gasteiger partial charge on any atom is -0.394 e. The van der Waals surface area contributed by atoms with Gasteiger partial charge in [0.25, 0.3) is 5.56 Å². The molecule has 1 unspecified atom stereocenters. The molecule has 1 aliphatic rings. The van der Waals surface area contributed by atoms with E-state index < -0.39 is 39.6 Å². The van der Waals surface area contributed by atoms with Crippen molar-refractivity contribution in [1.29, 1.82) is 0 Å². The number of benzene rings is 1. The average molecular weight is 350 g/mol. The number of aliphatic hydroxyl groups excluding tert-OH is 1. The van der Waals surface area contributed by atoms with E-state index in [0.717, 1.165) is 0 Å². The molecule has 1 aliphatic heterocycles. The zero-order chi connectivity index (χ0) is 17.3. The maximum absolute atomic E-state index is 12.8. The molecule has 0 amide bonds. The summed E-state index contributed by atoms with van der Waals surface area (Å²) in [6.07, 6.45) is 0.407. The molecule has 0 saturated carbocycles. The van der Waals surface area contributed by atoms with Crippen LogP contribution in [-0.2, 0) is 15.5 Å². The summed E-state index contributed by atoms with van der Waals surface area (Å²) in [5.41, 5.74) is -0.651. The number of aryl methyl sites for hydroxylation is 1. The Morgan fingerprint density at radius 3 is 2.71 bits per heavy atom. The fraction of sp³-hybridized carbons (Fsp3) is 0.375. The lowest BCUT2D eigenvalue weighted by molar-refractivity contribution is -0.0240. The van der Waals surface area contributed by atoms with Crippen LogP contribution in [-0.4, -0.2) is 36.8 Å². The molecule has 2 heterocycles. The molecule has 128 valence electrons. The van der Waals surface area contributed by atoms with Crippen molar-refractivity contribution in [3.63, 3.8) is 0 Å². The maximum atomic E-state index is 12.8. The van der Waals surface area contributed by atoms with Gasteiger partial charge in [0.1, 0.15) is 6.23 Å². The Labute approximate surface area is 140 Å². The van der Waals surface area contributed by atoms with Gasteiger partial charge in [-0.2, -0.15) is 0 Å². The minimum atomic E-state index is -1.37. The number of hydrogen-bond donors (Lipinski definition) is 2. The molecule has 1 fully saturated rings. The second kappa shape index (κ2) is 6.84. The van der Waals surface area contributed by atoms with E-state index in [1.807, 2.05) is 6.07 Å². The van der Waals surface area contributed by atoms with E-state index in [1.54, 1.807) is 31.2 Å². The summed E-state index contributed by atoms with van der Waals surface area (Å²) >= 11 is 0. The lowest BCUT2D eigenvalue weighted by atomic mass is 10.2. The molecule has 4 atom stereocenters. The molecule has 24 heavy (non-hydrogen) atoms. The van der Waals surface area contributed by atoms with Gasteiger partial charge in [-0.1, -0.05) is 18.2 Å². The van der Waals surface area contributed by atoms with Crippen LogP contribution < -0.4 is 11.2 Å². The predicted octanol–water partition coefficient (Wildman–Crippen LogP) is 0.301. The third kappa shape index (κ3) is 3.12. The zero-order valence-corrected chi connectivity index (χ0v) is 13.9. The van der Waals surface area contributed by atoms with E-state index in [1.165, 1.54) is 10.8 Å². The standard InChI is InChI=1S/C16H18N2O5S/c1-10-8-18(16(21)17-15(10)20)14-7-13(12(9-19)23-14)24(22)11-5-3-2-4-6-11/h2-6,8,12-14,19H,7,9H2,1H3,(H,17,20,21)/t12-,13+,14-,24?/m0/s1. The molecule has 1 aromatic heterocycles. The van der Waals surface area contributed by atoms with Crippen molar-refractivity contribution in [2.75, 3.05) is 6.61 Å². The van der Waals surface area contributed by atoms with Gasteiger partial charge in [0.05, 0.1) is 28.8 Å². The van der Waals surface area contributed by atoms with Crippen molar-refractivity contribution < 1.29 is 14.1 Å². The molecule has 7 nitrogen and oxygen atoms in total. The van der Waals surface area contributed by atoms with Gasteiger partial charge < -0.3 is 9.84 Å². The van der Waals surface area contributed by atoms with Crippen molar-refractivity contribution in [1.82, 2.24) is 9.55 Å². The topological polar surface area (TPSA) is 101 Å². The highest BCUT2D eigenvalue weighted by atomic mass is 32.2. The third-order valence-corrected chi connectivity index (χ3v) is 5.85. The summed E-state index contributed by atoms with van der Waals surface area (Å²) in [5, 5.41) is 9.12. The molecule has 2 N–H and O–H groups in total. The van der Waals surface area contributed by atoms with E-state index in [4.69, 9.17) is 4.74 Å². The first-order chi connectivity index (χ1) is 11.5. The molecule has 3 rings (SSSR count). The summed E-state index contributed by atoms with van der Waals surface area (Å²) in [6.45, 7) is 1.30. The van der Waals surface area contributed by atoms with Gasteiger partial charge in [0, 0.05) is 23.1 Å². The smallest absolute Gasteiger partial charge is 0.330 e. The third-order valence-electron chi connectivity index (χ3n) is 4.07. The molecule has 0 bridgehead atoms. The lowest BCUT2D eigenvalue weighted by Gasteiger charge is -2.15. The number of nitrogens with zero attached hydrogens (tertiary/aromatic N) is 1. The van der Waals surface area contributed by atoms with Gasteiger partial charge >= 0.3 is 5.69 Å². The Morgan fingerprint density at radius 1 is 1.33 bits per heavy atom. The van der Waals surface area contributed by atoms with Crippen LogP contribution in [0.1, 0.15) is 18.2 Å². The van der Waals surface area contributed by atoms with Crippen molar-refractivity contribution in [2.45, 2.75) is 35.8 Å². The van der Waals surface area contributed by atoms with Gasteiger partial charge in [0.15, 0.2) is 0 Å². The van der Waals surface area contributed by atoms with Gasteiger partial charge in [0.2, 0.25) is 0 Å². The highest BCUT2D eigenvalue weighted by Crippen LogP contribution is 2.33.